The molecular weight excluding hydrogens is 402 g/mol. The minimum Gasteiger partial charge on any atom is -0.353 e. The van der Waals surface area contributed by atoms with Crippen LogP contribution >= 0.6 is 0 Å². The molecule has 7 heteroatoms. The Bertz CT molecular complexity index is 1050. The molecule has 0 aliphatic carbocycles. The molecule has 0 radical (unpaired) electrons. The molecule has 0 bridgehead atoms. The maximum atomic E-state index is 12.5. The highest BCUT2D eigenvalue weighted by atomic mass is 16.2. The van der Waals surface area contributed by atoms with Crippen molar-refractivity contribution in [1.82, 2.24) is 25.5 Å². The van der Waals surface area contributed by atoms with Crippen LogP contribution in [0.15, 0.2) is 67.0 Å². The van der Waals surface area contributed by atoms with Gasteiger partial charge in [0.1, 0.15) is 0 Å². The lowest BCUT2D eigenvalue weighted by molar-refractivity contribution is -0.134. The van der Waals surface area contributed by atoms with Crippen LogP contribution in [0.25, 0.3) is 11.1 Å². The highest BCUT2D eigenvalue weighted by Gasteiger charge is 2.31. The average molecular weight is 430 g/mol. The van der Waals surface area contributed by atoms with Crippen LogP contribution < -0.4 is 10.6 Å². The maximum Gasteiger partial charge on any atom is 0.237 e. The molecule has 2 N–H and O–H groups in total. The number of nitrogens with one attached hydrogen (secondary N) is 2. The molecule has 3 aromatic rings. The molecule has 1 aliphatic rings. The molecule has 164 valence electrons. The average Bonchev–Trinajstić information content (AvgIpc) is 2.82. The van der Waals surface area contributed by atoms with Crippen molar-refractivity contribution in [1.29, 1.82) is 0 Å². The maximum absolute atomic E-state index is 12.5. The van der Waals surface area contributed by atoms with Gasteiger partial charge in [-0.25, -0.2) is 0 Å². The zero-order chi connectivity index (χ0) is 22.3. The molecule has 1 aromatic heterocycles. The topological polar surface area (TPSA) is 87.2 Å². The van der Waals surface area contributed by atoms with Crippen molar-refractivity contribution in [2.24, 2.45) is 0 Å². The summed E-state index contributed by atoms with van der Waals surface area (Å²) in [5.74, 6) is -0.290. The van der Waals surface area contributed by atoms with E-state index in [1.807, 2.05) is 25.1 Å². The van der Waals surface area contributed by atoms with E-state index in [0.717, 1.165) is 16.8 Å². The molecule has 2 aromatic carbocycles. The minimum absolute atomic E-state index is 0.104. The Hall–Kier alpha value is -3.58. The van der Waals surface area contributed by atoms with Gasteiger partial charge in [0, 0.05) is 25.8 Å². The smallest absolute Gasteiger partial charge is 0.237 e. The van der Waals surface area contributed by atoms with Gasteiger partial charge in [0.25, 0.3) is 0 Å². The largest absolute Gasteiger partial charge is 0.353 e. The number of hydrogen-bond donors (Lipinski definition) is 2. The van der Waals surface area contributed by atoms with Crippen molar-refractivity contribution in [2.45, 2.75) is 32.5 Å². The van der Waals surface area contributed by atoms with E-state index in [9.17, 15) is 9.59 Å². The second kappa shape index (κ2) is 10.2. The number of aryl methyl sites for hydroxylation is 1. The lowest BCUT2D eigenvalue weighted by Gasteiger charge is -2.34. The van der Waals surface area contributed by atoms with Gasteiger partial charge in [-0.3, -0.25) is 24.5 Å². The van der Waals surface area contributed by atoms with E-state index in [4.69, 9.17) is 0 Å². The fraction of sp³-hybridized carbons (Fsp3) is 0.280. The Balaban J connectivity index is 1.37. The Labute approximate surface area is 187 Å². The Kier molecular flexibility index (Phi) is 6.87. The number of hydrogen-bond acceptors (Lipinski definition) is 5. The van der Waals surface area contributed by atoms with Crippen LogP contribution in [0.3, 0.4) is 0 Å². The molecule has 1 saturated heterocycles. The molecule has 0 saturated carbocycles. The molecule has 1 fully saturated rings. The highest BCUT2D eigenvalue weighted by Crippen LogP contribution is 2.21. The normalized spacial score (nSPS) is 16.4. The number of rotatable bonds is 7. The fourth-order valence-electron chi connectivity index (χ4n) is 3.79. The standard InChI is InChI=1S/C25H27N5O2/c1-18-14-28-22(15-27-18)16-29-24(31)13-23-25(32)26-11-12-30(23)17-19-7-9-21(10-8-19)20-5-3-2-4-6-20/h2-10,14-15,23H,11-13,16-17H2,1H3,(H,26,32)(H,29,31). The van der Waals surface area contributed by atoms with E-state index < -0.39 is 6.04 Å². The third kappa shape index (κ3) is 5.56. The van der Waals surface area contributed by atoms with Gasteiger partial charge in [-0.2, -0.15) is 0 Å². The quantitative estimate of drug-likeness (QED) is 0.603. The van der Waals surface area contributed by atoms with Gasteiger partial charge in [-0.15, -0.1) is 0 Å². The zero-order valence-corrected chi connectivity index (χ0v) is 18.1. The summed E-state index contributed by atoms with van der Waals surface area (Å²) >= 11 is 0. The lowest BCUT2D eigenvalue weighted by Crippen LogP contribution is -2.56. The van der Waals surface area contributed by atoms with Crippen LogP contribution in [0.5, 0.6) is 0 Å². The molecule has 2 amide bonds. The second-order valence-corrected chi connectivity index (χ2v) is 7.97. The van der Waals surface area contributed by atoms with Crippen molar-refractivity contribution >= 4 is 11.8 Å². The first-order valence-electron chi connectivity index (χ1n) is 10.8. The van der Waals surface area contributed by atoms with Gasteiger partial charge < -0.3 is 10.6 Å². The third-order valence-corrected chi connectivity index (χ3v) is 5.57. The van der Waals surface area contributed by atoms with Gasteiger partial charge in [-0.05, 0) is 23.6 Å². The van der Waals surface area contributed by atoms with Gasteiger partial charge in [0.05, 0.1) is 36.6 Å². The summed E-state index contributed by atoms with van der Waals surface area (Å²) in [5, 5.41) is 5.73. The molecule has 7 nitrogen and oxygen atoms in total. The summed E-state index contributed by atoms with van der Waals surface area (Å²) in [7, 11) is 0. The summed E-state index contributed by atoms with van der Waals surface area (Å²) < 4.78 is 0. The van der Waals surface area contributed by atoms with Crippen molar-refractivity contribution in [3.63, 3.8) is 0 Å². The molecule has 1 unspecified atom stereocenters. The van der Waals surface area contributed by atoms with Crippen LogP contribution in [0.1, 0.15) is 23.4 Å². The van der Waals surface area contributed by atoms with Crippen molar-refractivity contribution in [3.8, 4) is 11.1 Å². The molecule has 1 aliphatic heterocycles. The van der Waals surface area contributed by atoms with Gasteiger partial charge in [0.15, 0.2) is 0 Å². The van der Waals surface area contributed by atoms with E-state index >= 15 is 0 Å². The zero-order valence-electron chi connectivity index (χ0n) is 18.1. The summed E-state index contributed by atoms with van der Waals surface area (Å²) in [6.45, 7) is 4.05. The highest BCUT2D eigenvalue weighted by molar-refractivity contribution is 5.88. The van der Waals surface area contributed by atoms with Crippen molar-refractivity contribution < 1.29 is 9.59 Å². The Morgan fingerprint density at radius 2 is 1.81 bits per heavy atom. The van der Waals surface area contributed by atoms with E-state index in [1.165, 1.54) is 5.56 Å². The first-order chi connectivity index (χ1) is 15.6. The Morgan fingerprint density at radius 3 is 2.53 bits per heavy atom. The van der Waals surface area contributed by atoms with Crippen LogP contribution in [-0.2, 0) is 22.7 Å². The number of aromatic nitrogens is 2. The van der Waals surface area contributed by atoms with Crippen LogP contribution in [-0.4, -0.2) is 45.8 Å². The summed E-state index contributed by atoms with van der Waals surface area (Å²) in [4.78, 5) is 35.6. The van der Waals surface area contributed by atoms with E-state index in [-0.39, 0.29) is 18.2 Å². The monoisotopic (exact) mass is 429 g/mol. The molecule has 32 heavy (non-hydrogen) atoms. The number of piperazine rings is 1. The molecule has 2 heterocycles. The van der Waals surface area contributed by atoms with Crippen LogP contribution in [0, 0.1) is 6.92 Å². The Morgan fingerprint density at radius 1 is 1.06 bits per heavy atom. The van der Waals surface area contributed by atoms with E-state index in [0.29, 0.717) is 31.9 Å². The van der Waals surface area contributed by atoms with Gasteiger partial charge >= 0.3 is 0 Å². The van der Waals surface area contributed by atoms with Gasteiger partial charge in [-0.1, -0.05) is 54.6 Å². The predicted molar refractivity (Wildman–Crippen MR) is 122 cm³/mol. The number of nitrogens with zero attached hydrogens (tertiary/aromatic N) is 3. The van der Waals surface area contributed by atoms with Crippen LogP contribution in [0.2, 0.25) is 0 Å². The predicted octanol–water partition coefficient (Wildman–Crippen LogP) is 2.46. The van der Waals surface area contributed by atoms with Gasteiger partial charge in [0.2, 0.25) is 11.8 Å². The van der Waals surface area contributed by atoms with Crippen molar-refractivity contribution in [3.05, 3.63) is 83.9 Å². The van der Waals surface area contributed by atoms with E-state index in [2.05, 4.69) is 61.9 Å². The minimum atomic E-state index is -0.498. The summed E-state index contributed by atoms with van der Waals surface area (Å²) in [6.07, 6.45) is 3.42. The second-order valence-electron chi connectivity index (χ2n) is 7.97. The first kappa shape index (κ1) is 21.6. The number of carbonyl (C=O) groups is 2. The van der Waals surface area contributed by atoms with Crippen molar-refractivity contribution in [2.75, 3.05) is 13.1 Å². The molecule has 0 spiro atoms. The third-order valence-electron chi connectivity index (χ3n) is 5.57. The molecule has 4 rings (SSSR count). The fourth-order valence-corrected chi connectivity index (χ4v) is 3.79. The number of benzene rings is 2. The SMILES string of the molecule is Cc1cnc(CNC(=O)CC2C(=O)NCCN2Cc2ccc(-c3ccccc3)cc2)cn1. The van der Waals surface area contributed by atoms with E-state index in [1.54, 1.807) is 12.4 Å². The molecular formula is C25H27N5O2. The lowest BCUT2D eigenvalue weighted by atomic mass is 10.0. The number of carbonyl (C=O) groups excluding carboxylic acids is 2. The first-order valence-corrected chi connectivity index (χ1v) is 10.8. The summed E-state index contributed by atoms with van der Waals surface area (Å²) in [6, 6.07) is 18.1. The molecule has 1 atom stereocenters. The number of amides is 2. The summed E-state index contributed by atoms with van der Waals surface area (Å²) in [5.41, 5.74) is 4.95. The van der Waals surface area contributed by atoms with Crippen LogP contribution in [0.4, 0.5) is 0 Å².